The van der Waals surface area contributed by atoms with Crippen molar-refractivity contribution in [3.8, 4) is 5.88 Å². The summed E-state index contributed by atoms with van der Waals surface area (Å²) in [4.78, 5) is 16.0. The Hall–Kier alpha value is -2.66. The van der Waals surface area contributed by atoms with E-state index >= 15 is 0 Å². The van der Waals surface area contributed by atoms with Crippen LogP contribution in [0, 0.1) is 0 Å². The van der Waals surface area contributed by atoms with Gasteiger partial charge in [0.1, 0.15) is 0 Å². The van der Waals surface area contributed by atoms with Crippen molar-refractivity contribution in [1.29, 1.82) is 0 Å². The number of hydrogen-bond acceptors (Lipinski definition) is 5. The second-order valence-corrected chi connectivity index (χ2v) is 7.88. The number of halogens is 3. The molecule has 1 amide bonds. The minimum absolute atomic E-state index is 0.0268. The topological polar surface area (TPSA) is 97.4 Å². The van der Waals surface area contributed by atoms with Crippen LogP contribution >= 0.6 is 0 Å². The van der Waals surface area contributed by atoms with Crippen LogP contribution in [0.25, 0.3) is 0 Å². The normalized spacial score (nSPS) is 14.5. The summed E-state index contributed by atoms with van der Waals surface area (Å²) in [5, 5.41) is 2.50. The Kier molecular flexibility index (Phi) is 5.57. The van der Waals surface area contributed by atoms with E-state index in [2.05, 4.69) is 19.8 Å². The molecule has 1 aliphatic rings. The number of ether oxygens (including phenoxy) is 1. The second kappa shape index (κ2) is 7.76. The van der Waals surface area contributed by atoms with E-state index in [1.807, 2.05) is 0 Å². The number of pyridine rings is 1. The van der Waals surface area contributed by atoms with Crippen LogP contribution in [0.2, 0.25) is 0 Å². The van der Waals surface area contributed by atoms with Crippen LogP contribution in [-0.2, 0) is 10.0 Å². The molecule has 0 saturated heterocycles. The molecular formula is C17H16F3N3O4S. The van der Waals surface area contributed by atoms with Gasteiger partial charge in [0.2, 0.25) is 15.9 Å². The van der Waals surface area contributed by atoms with Crippen molar-refractivity contribution in [3.05, 3.63) is 48.2 Å². The molecule has 0 radical (unpaired) electrons. The Morgan fingerprint density at radius 1 is 1.21 bits per heavy atom. The number of nitrogens with zero attached hydrogens (tertiary/aromatic N) is 1. The average Bonchev–Trinajstić information content (AvgIpc) is 3.44. The van der Waals surface area contributed by atoms with Gasteiger partial charge in [-0.05, 0) is 37.1 Å². The highest BCUT2D eigenvalue weighted by Crippen LogP contribution is 2.23. The number of sulfonamides is 1. The maximum atomic E-state index is 12.3. The SMILES string of the molecule is O=C(Nc1ccc(OCC(F)(F)F)nc1)c1cccc(S(=O)(=O)NC2CC2)c1. The lowest BCUT2D eigenvalue weighted by atomic mass is 10.2. The van der Waals surface area contributed by atoms with Gasteiger partial charge in [-0.15, -0.1) is 0 Å². The van der Waals surface area contributed by atoms with E-state index in [9.17, 15) is 26.4 Å². The number of rotatable bonds is 7. The van der Waals surface area contributed by atoms with Gasteiger partial charge in [0.05, 0.1) is 16.8 Å². The first-order chi connectivity index (χ1) is 13.1. The van der Waals surface area contributed by atoms with Gasteiger partial charge in [-0.2, -0.15) is 13.2 Å². The Bertz CT molecular complexity index is 958. The van der Waals surface area contributed by atoms with Gasteiger partial charge in [0.25, 0.3) is 5.91 Å². The van der Waals surface area contributed by atoms with E-state index < -0.39 is 28.7 Å². The maximum absolute atomic E-state index is 12.3. The van der Waals surface area contributed by atoms with Gasteiger partial charge in [0, 0.05) is 17.7 Å². The van der Waals surface area contributed by atoms with Crippen LogP contribution in [-0.4, -0.2) is 38.1 Å². The first-order valence-electron chi connectivity index (χ1n) is 8.22. The molecule has 2 N–H and O–H groups in total. The zero-order valence-corrected chi connectivity index (χ0v) is 15.2. The molecular weight excluding hydrogens is 399 g/mol. The highest BCUT2D eigenvalue weighted by atomic mass is 32.2. The number of nitrogens with one attached hydrogen (secondary N) is 2. The van der Waals surface area contributed by atoms with Crippen LogP contribution in [0.15, 0.2) is 47.5 Å². The standard InChI is InChI=1S/C17H16F3N3O4S/c18-17(19,20)10-27-15-7-6-13(9-21-15)22-16(24)11-2-1-3-14(8-11)28(25,26)23-12-4-5-12/h1-3,6-9,12,23H,4-5,10H2,(H,22,24). The van der Waals surface area contributed by atoms with Crippen molar-refractivity contribution in [2.75, 3.05) is 11.9 Å². The number of carbonyl (C=O) groups is 1. The molecule has 7 nitrogen and oxygen atoms in total. The Labute approximate surface area is 159 Å². The highest BCUT2D eigenvalue weighted by Gasteiger charge is 2.29. The van der Waals surface area contributed by atoms with Crippen LogP contribution < -0.4 is 14.8 Å². The molecule has 1 fully saturated rings. The Balaban J connectivity index is 1.65. The molecule has 0 bridgehead atoms. The summed E-state index contributed by atoms with van der Waals surface area (Å²) in [6, 6.07) is 7.96. The number of carbonyl (C=O) groups excluding carboxylic acids is 1. The molecule has 150 valence electrons. The van der Waals surface area contributed by atoms with E-state index in [1.165, 1.54) is 36.4 Å². The van der Waals surface area contributed by atoms with E-state index in [-0.39, 0.29) is 28.1 Å². The van der Waals surface area contributed by atoms with Crippen molar-refractivity contribution < 1.29 is 31.1 Å². The third-order valence-electron chi connectivity index (χ3n) is 3.68. The van der Waals surface area contributed by atoms with E-state index in [0.717, 1.165) is 19.0 Å². The summed E-state index contributed by atoms with van der Waals surface area (Å²) in [6.07, 6.45) is -1.77. The largest absolute Gasteiger partial charge is 0.468 e. The lowest BCUT2D eigenvalue weighted by molar-refractivity contribution is -0.154. The molecule has 28 heavy (non-hydrogen) atoms. The van der Waals surface area contributed by atoms with E-state index in [0.29, 0.717) is 0 Å². The third-order valence-corrected chi connectivity index (χ3v) is 5.20. The minimum Gasteiger partial charge on any atom is -0.468 e. The first-order valence-corrected chi connectivity index (χ1v) is 9.70. The molecule has 3 rings (SSSR count). The predicted octanol–water partition coefficient (Wildman–Crippen LogP) is 2.72. The summed E-state index contributed by atoms with van der Waals surface area (Å²) in [6.45, 7) is -1.47. The number of alkyl halides is 3. The quantitative estimate of drug-likeness (QED) is 0.725. The summed E-state index contributed by atoms with van der Waals surface area (Å²) < 4.78 is 67.8. The van der Waals surface area contributed by atoms with Gasteiger partial charge >= 0.3 is 6.18 Å². The fourth-order valence-electron chi connectivity index (χ4n) is 2.19. The zero-order chi connectivity index (χ0) is 20.4. The number of anilines is 1. The summed E-state index contributed by atoms with van der Waals surface area (Å²) in [7, 11) is -3.70. The van der Waals surface area contributed by atoms with Gasteiger partial charge in [-0.3, -0.25) is 4.79 Å². The van der Waals surface area contributed by atoms with Crippen molar-refractivity contribution >= 4 is 21.6 Å². The summed E-state index contributed by atoms with van der Waals surface area (Å²) >= 11 is 0. The zero-order valence-electron chi connectivity index (χ0n) is 14.4. The van der Waals surface area contributed by atoms with Gasteiger partial charge in [-0.1, -0.05) is 6.07 Å². The summed E-state index contributed by atoms with van der Waals surface area (Å²) in [5.74, 6) is -0.830. The number of aromatic nitrogens is 1. The van der Waals surface area contributed by atoms with Gasteiger partial charge < -0.3 is 10.1 Å². The minimum atomic E-state index is -4.48. The molecule has 1 saturated carbocycles. The fourth-order valence-corrected chi connectivity index (χ4v) is 3.54. The molecule has 0 unspecified atom stereocenters. The molecule has 0 aliphatic heterocycles. The van der Waals surface area contributed by atoms with Crippen LogP contribution in [0.3, 0.4) is 0 Å². The molecule has 11 heteroatoms. The Morgan fingerprint density at radius 2 is 1.96 bits per heavy atom. The predicted molar refractivity (Wildman–Crippen MR) is 93.5 cm³/mol. The van der Waals surface area contributed by atoms with Crippen LogP contribution in [0.1, 0.15) is 23.2 Å². The third kappa shape index (κ3) is 5.67. The second-order valence-electron chi connectivity index (χ2n) is 6.17. The smallest absolute Gasteiger partial charge is 0.422 e. The maximum Gasteiger partial charge on any atom is 0.422 e. The monoisotopic (exact) mass is 415 g/mol. The number of amides is 1. The Morgan fingerprint density at radius 3 is 2.57 bits per heavy atom. The van der Waals surface area contributed by atoms with Crippen LogP contribution in [0.4, 0.5) is 18.9 Å². The first kappa shape index (κ1) is 20.1. The lowest BCUT2D eigenvalue weighted by Gasteiger charge is -2.10. The van der Waals surface area contributed by atoms with Crippen molar-refractivity contribution in [3.63, 3.8) is 0 Å². The molecule has 1 aromatic carbocycles. The molecule has 0 spiro atoms. The van der Waals surface area contributed by atoms with Crippen molar-refractivity contribution in [2.45, 2.75) is 30.0 Å². The molecule has 1 aliphatic carbocycles. The fraction of sp³-hybridized carbons (Fsp3) is 0.294. The molecule has 1 heterocycles. The van der Waals surface area contributed by atoms with Gasteiger partial charge in [-0.25, -0.2) is 18.1 Å². The lowest BCUT2D eigenvalue weighted by Crippen LogP contribution is -2.26. The van der Waals surface area contributed by atoms with Crippen molar-refractivity contribution in [2.24, 2.45) is 0 Å². The van der Waals surface area contributed by atoms with E-state index in [1.54, 1.807) is 0 Å². The van der Waals surface area contributed by atoms with Crippen LogP contribution in [0.5, 0.6) is 5.88 Å². The van der Waals surface area contributed by atoms with Crippen molar-refractivity contribution in [1.82, 2.24) is 9.71 Å². The molecule has 2 aromatic rings. The highest BCUT2D eigenvalue weighted by molar-refractivity contribution is 7.89. The average molecular weight is 415 g/mol. The number of benzene rings is 1. The number of hydrogen-bond donors (Lipinski definition) is 2. The summed E-state index contributed by atoms with van der Waals surface area (Å²) in [5.41, 5.74) is 0.324. The molecule has 1 aromatic heterocycles. The van der Waals surface area contributed by atoms with Gasteiger partial charge in [0.15, 0.2) is 6.61 Å². The van der Waals surface area contributed by atoms with E-state index in [4.69, 9.17) is 0 Å². The molecule has 0 atom stereocenters.